The molecule has 0 spiro atoms. The van der Waals surface area contributed by atoms with Gasteiger partial charge in [-0.25, -0.2) is 4.79 Å². The Labute approximate surface area is 114 Å². The van der Waals surface area contributed by atoms with Crippen molar-refractivity contribution < 1.29 is 29.2 Å². The molecule has 0 saturated carbocycles. The Morgan fingerprint density at radius 3 is 2.58 bits per heavy atom. The molecule has 0 aromatic heterocycles. The number of hydrogen-bond donors (Lipinski definition) is 3. The third-order valence-electron chi connectivity index (χ3n) is 2.17. The minimum atomic E-state index is -1.32. The first-order valence-corrected chi connectivity index (χ1v) is 5.73. The average molecular weight is 292 g/mol. The minimum Gasteiger partial charge on any atom is -0.504 e. The maximum Gasteiger partial charge on any atom is 0.404 e. The molecule has 1 aliphatic heterocycles. The number of para-hydroxylation sites is 1. The van der Waals surface area contributed by atoms with Crippen LogP contribution in [0.2, 0.25) is 0 Å². The zero-order valence-corrected chi connectivity index (χ0v) is 11.1. The molecule has 1 amide bonds. The number of phenolic OH excluding ortho intramolecular Hbond substituents is 1. The first-order chi connectivity index (χ1) is 8.98. The number of amides is 1. The highest BCUT2D eigenvalue weighted by Crippen LogP contribution is 2.45. The van der Waals surface area contributed by atoms with Crippen molar-refractivity contribution >= 4 is 17.7 Å². The molecule has 2 rings (SSSR count). The molecule has 1 aromatic rings. The van der Waals surface area contributed by atoms with E-state index in [0.717, 1.165) is 0 Å². The summed E-state index contributed by atoms with van der Waals surface area (Å²) < 4.78 is 15.6. The average Bonchev–Trinajstić information content (AvgIpc) is 2.80. The van der Waals surface area contributed by atoms with Gasteiger partial charge in [0.25, 0.3) is 0 Å². The van der Waals surface area contributed by atoms with Crippen LogP contribution in [0.1, 0.15) is 0 Å². The summed E-state index contributed by atoms with van der Waals surface area (Å²) in [6.07, 6.45) is -0.995. The van der Waals surface area contributed by atoms with Crippen molar-refractivity contribution in [1.29, 1.82) is 0 Å². The molecule has 106 valence electrons. The number of ether oxygens (including phenoxy) is 3. The van der Waals surface area contributed by atoms with E-state index < -0.39 is 12.1 Å². The van der Waals surface area contributed by atoms with Crippen molar-refractivity contribution in [1.82, 2.24) is 5.32 Å². The number of methoxy groups -OCH3 is 1. The Morgan fingerprint density at radius 1 is 1.53 bits per heavy atom. The monoisotopic (exact) mass is 291 g/mol. The van der Waals surface area contributed by atoms with Crippen LogP contribution in [-0.2, 0) is 4.74 Å². The summed E-state index contributed by atoms with van der Waals surface area (Å²) in [6, 6.07) is 4.82. The molecule has 3 N–H and O–H groups in total. The van der Waals surface area contributed by atoms with Gasteiger partial charge in [0.15, 0.2) is 11.5 Å². The van der Waals surface area contributed by atoms with Crippen molar-refractivity contribution in [2.24, 2.45) is 0 Å². The number of alkyl halides is 1. The first-order valence-electron chi connectivity index (χ1n) is 5.20. The van der Waals surface area contributed by atoms with Gasteiger partial charge in [-0.05, 0) is 12.1 Å². The highest BCUT2D eigenvalue weighted by Gasteiger charge is 2.43. The molecule has 7 nitrogen and oxygen atoms in total. The number of carbonyl (C=O) groups is 1. The van der Waals surface area contributed by atoms with Gasteiger partial charge in [-0.1, -0.05) is 6.07 Å². The summed E-state index contributed by atoms with van der Waals surface area (Å²) in [4.78, 5) is 9.26. The fourth-order valence-electron chi connectivity index (χ4n) is 1.22. The first kappa shape index (κ1) is 15.2. The second-order valence-electron chi connectivity index (χ2n) is 3.38. The maximum absolute atomic E-state index is 9.45. The summed E-state index contributed by atoms with van der Waals surface area (Å²) in [5.41, 5.74) is 0. The number of rotatable bonds is 2. The Kier molecular flexibility index (Phi) is 5.08. The zero-order valence-electron chi connectivity index (χ0n) is 10.3. The second kappa shape index (κ2) is 6.35. The Hall–Kier alpha value is -1.86. The number of phenols is 1. The number of halogens is 1. The summed E-state index contributed by atoms with van der Waals surface area (Å²) in [5, 5.41) is 19.0. The molecule has 0 aliphatic carbocycles. The van der Waals surface area contributed by atoms with E-state index in [0.29, 0.717) is 5.75 Å². The van der Waals surface area contributed by atoms with Gasteiger partial charge in [-0.2, -0.15) is 0 Å². The van der Waals surface area contributed by atoms with Crippen LogP contribution < -0.4 is 14.8 Å². The van der Waals surface area contributed by atoms with E-state index in [4.69, 9.17) is 30.9 Å². The van der Waals surface area contributed by atoms with Crippen LogP contribution in [0.5, 0.6) is 17.2 Å². The maximum atomic E-state index is 9.45. The molecule has 19 heavy (non-hydrogen) atoms. The molecular formula is C11H14ClNO6. The van der Waals surface area contributed by atoms with Gasteiger partial charge in [-0.3, -0.25) is 0 Å². The van der Waals surface area contributed by atoms with Crippen LogP contribution >= 0.6 is 11.6 Å². The summed E-state index contributed by atoms with van der Waals surface area (Å²) in [6.45, 7) is 0. The lowest BCUT2D eigenvalue weighted by Gasteiger charge is -2.22. The molecule has 8 heteroatoms. The number of hydrogen-bond acceptors (Lipinski definition) is 5. The Morgan fingerprint density at radius 2 is 2.16 bits per heavy atom. The Balaban J connectivity index is 0.000000312. The van der Waals surface area contributed by atoms with E-state index in [1.165, 1.54) is 20.2 Å². The van der Waals surface area contributed by atoms with Crippen molar-refractivity contribution in [2.75, 3.05) is 20.0 Å². The van der Waals surface area contributed by atoms with Crippen LogP contribution in [0.25, 0.3) is 0 Å². The van der Waals surface area contributed by atoms with Crippen LogP contribution in [0, 0.1) is 0 Å². The van der Waals surface area contributed by atoms with E-state index >= 15 is 0 Å². The van der Waals surface area contributed by atoms with Gasteiger partial charge < -0.3 is 29.7 Å². The lowest BCUT2D eigenvalue weighted by molar-refractivity contribution is -0.251. The summed E-state index contributed by atoms with van der Waals surface area (Å²) >= 11 is 5.65. The van der Waals surface area contributed by atoms with Crippen molar-refractivity contribution in [2.45, 2.75) is 5.97 Å². The predicted molar refractivity (Wildman–Crippen MR) is 66.9 cm³/mol. The molecule has 0 saturated heterocycles. The molecule has 1 atom stereocenters. The van der Waals surface area contributed by atoms with Crippen molar-refractivity contribution in [3.8, 4) is 17.2 Å². The number of carboxylic acid groups (broad SMARTS) is 1. The van der Waals surface area contributed by atoms with Crippen molar-refractivity contribution in [3.63, 3.8) is 0 Å². The van der Waals surface area contributed by atoms with E-state index in [1.807, 2.05) is 5.32 Å². The van der Waals surface area contributed by atoms with Gasteiger partial charge in [-0.15, -0.1) is 11.6 Å². The molecular weight excluding hydrogens is 278 g/mol. The SMILES string of the molecule is CNC(=O)O.COC1(CCl)Oc2cccc(O)c2O1. The third kappa shape index (κ3) is 3.55. The molecule has 1 unspecified atom stereocenters. The standard InChI is InChI=1S/C9H9ClO4.C2H5NO2/c1-12-9(5-10)13-7-4-2-3-6(11)8(7)14-9;1-3-2(4)5/h2-4,11H,5H2,1H3;3H,1H3,(H,4,5). The zero-order chi connectivity index (χ0) is 14.5. The van der Waals surface area contributed by atoms with Crippen LogP contribution in [0.15, 0.2) is 18.2 Å². The minimum absolute atomic E-state index is 0.00606. The van der Waals surface area contributed by atoms with Crippen LogP contribution in [0.4, 0.5) is 4.79 Å². The number of fused-ring (bicyclic) bond motifs is 1. The van der Waals surface area contributed by atoms with Crippen LogP contribution in [0.3, 0.4) is 0 Å². The third-order valence-corrected chi connectivity index (χ3v) is 2.50. The number of benzene rings is 1. The van der Waals surface area contributed by atoms with Gasteiger partial charge in [0.2, 0.25) is 5.75 Å². The van der Waals surface area contributed by atoms with E-state index in [9.17, 15) is 9.90 Å². The van der Waals surface area contributed by atoms with Gasteiger partial charge in [0.1, 0.15) is 5.88 Å². The van der Waals surface area contributed by atoms with Crippen molar-refractivity contribution in [3.05, 3.63) is 18.2 Å². The predicted octanol–water partition coefficient (Wildman–Crippen LogP) is 1.59. The summed E-state index contributed by atoms with van der Waals surface area (Å²) in [5.74, 6) is -0.616. The van der Waals surface area contributed by atoms with E-state index in [2.05, 4.69) is 0 Å². The Bertz CT molecular complexity index is 449. The largest absolute Gasteiger partial charge is 0.504 e. The topological polar surface area (TPSA) is 97.3 Å². The van der Waals surface area contributed by atoms with Crippen LogP contribution in [-0.4, -0.2) is 42.3 Å². The summed E-state index contributed by atoms with van der Waals surface area (Å²) in [7, 11) is 2.77. The molecule has 0 fully saturated rings. The highest BCUT2D eigenvalue weighted by molar-refractivity contribution is 6.18. The van der Waals surface area contributed by atoms with Gasteiger partial charge >= 0.3 is 12.1 Å². The van der Waals surface area contributed by atoms with E-state index in [-0.39, 0.29) is 17.4 Å². The molecule has 1 heterocycles. The molecule has 0 bridgehead atoms. The number of nitrogens with one attached hydrogen (secondary N) is 1. The molecule has 1 aliphatic rings. The smallest absolute Gasteiger partial charge is 0.404 e. The lowest BCUT2D eigenvalue weighted by Crippen LogP contribution is -2.42. The van der Waals surface area contributed by atoms with Gasteiger partial charge in [0.05, 0.1) is 0 Å². The number of aromatic hydroxyl groups is 1. The second-order valence-corrected chi connectivity index (χ2v) is 3.65. The molecule has 1 aromatic carbocycles. The quantitative estimate of drug-likeness (QED) is 0.716. The van der Waals surface area contributed by atoms with Gasteiger partial charge in [0, 0.05) is 14.2 Å². The highest BCUT2D eigenvalue weighted by atomic mass is 35.5. The molecule has 0 radical (unpaired) electrons. The lowest BCUT2D eigenvalue weighted by atomic mass is 10.3. The fraction of sp³-hybridized carbons (Fsp3) is 0.364. The van der Waals surface area contributed by atoms with E-state index in [1.54, 1.807) is 12.1 Å². The normalized spacial score (nSPS) is 19.3. The fourth-order valence-corrected chi connectivity index (χ4v) is 1.44.